The van der Waals surface area contributed by atoms with Crippen molar-refractivity contribution < 1.29 is 9.15 Å². The maximum absolute atomic E-state index is 6.14. The largest absolute Gasteiger partial charge is 0.495 e. The molecule has 90 valence electrons. The van der Waals surface area contributed by atoms with E-state index >= 15 is 0 Å². The standard InChI is InChI=1S/C12H11Cl2NO2/c1-16-12-5-9(13)8(4-10(12)14)11-3-2-7(6-15)17-11/h2-5H,6,15H2,1H3. The van der Waals surface area contributed by atoms with Crippen LogP contribution in [-0.2, 0) is 6.54 Å². The van der Waals surface area contributed by atoms with Crippen LogP contribution in [0, 0.1) is 0 Å². The third-order valence-electron chi connectivity index (χ3n) is 2.37. The zero-order valence-corrected chi connectivity index (χ0v) is 10.7. The molecule has 0 spiro atoms. The van der Waals surface area contributed by atoms with E-state index in [-0.39, 0.29) is 0 Å². The first-order chi connectivity index (χ1) is 8.15. The molecule has 0 saturated heterocycles. The average molecular weight is 272 g/mol. The summed E-state index contributed by atoms with van der Waals surface area (Å²) in [5, 5.41) is 1.00. The Labute approximate surface area is 109 Å². The molecule has 3 nitrogen and oxygen atoms in total. The van der Waals surface area contributed by atoms with Gasteiger partial charge in [-0.05, 0) is 18.2 Å². The summed E-state index contributed by atoms with van der Waals surface area (Å²) in [4.78, 5) is 0. The molecule has 0 fully saturated rings. The quantitative estimate of drug-likeness (QED) is 0.926. The first-order valence-corrected chi connectivity index (χ1v) is 5.73. The molecule has 0 saturated carbocycles. The van der Waals surface area contributed by atoms with E-state index in [9.17, 15) is 0 Å². The predicted molar refractivity (Wildman–Crippen MR) is 68.6 cm³/mol. The Bertz CT molecular complexity index is 537. The summed E-state index contributed by atoms with van der Waals surface area (Å²) in [6.07, 6.45) is 0. The van der Waals surface area contributed by atoms with Crippen molar-refractivity contribution in [2.75, 3.05) is 7.11 Å². The summed E-state index contributed by atoms with van der Waals surface area (Å²) in [5.74, 6) is 1.87. The van der Waals surface area contributed by atoms with Gasteiger partial charge in [0, 0.05) is 11.6 Å². The third kappa shape index (κ3) is 2.41. The highest BCUT2D eigenvalue weighted by atomic mass is 35.5. The van der Waals surface area contributed by atoms with Crippen molar-refractivity contribution in [3.8, 4) is 17.1 Å². The number of nitrogens with two attached hydrogens (primary N) is 1. The average Bonchev–Trinajstić information content (AvgIpc) is 2.80. The van der Waals surface area contributed by atoms with Crippen LogP contribution in [0.4, 0.5) is 0 Å². The Morgan fingerprint density at radius 1 is 1.24 bits per heavy atom. The number of hydrogen-bond acceptors (Lipinski definition) is 3. The maximum atomic E-state index is 6.14. The first-order valence-electron chi connectivity index (χ1n) is 4.98. The van der Waals surface area contributed by atoms with Crippen molar-refractivity contribution in [2.24, 2.45) is 5.73 Å². The monoisotopic (exact) mass is 271 g/mol. The minimum Gasteiger partial charge on any atom is -0.495 e. The maximum Gasteiger partial charge on any atom is 0.138 e. The molecule has 0 bridgehead atoms. The van der Waals surface area contributed by atoms with Gasteiger partial charge in [0.05, 0.1) is 23.7 Å². The summed E-state index contributed by atoms with van der Waals surface area (Å²) in [6, 6.07) is 6.99. The normalized spacial score (nSPS) is 10.6. The van der Waals surface area contributed by atoms with Crippen molar-refractivity contribution in [3.63, 3.8) is 0 Å². The van der Waals surface area contributed by atoms with Crippen molar-refractivity contribution in [3.05, 3.63) is 40.1 Å². The second-order valence-electron chi connectivity index (χ2n) is 3.44. The lowest BCUT2D eigenvalue weighted by Gasteiger charge is -2.07. The van der Waals surface area contributed by atoms with Crippen LogP contribution >= 0.6 is 23.2 Å². The zero-order valence-electron chi connectivity index (χ0n) is 9.17. The summed E-state index contributed by atoms with van der Waals surface area (Å²) < 4.78 is 10.6. The first kappa shape index (κ1) is 12.3. The molecule has 2 rings (SSSR count). The lowest BCUT2D eigenvalue weighted by Crippen LogP contribution is -1.92. The lowest BCUT2D eigenvalue weighted by molar-refractivity contribution is 0.415. The van der Waals surface area contributed by atoms with Gasteiger partial charge in [-0.25, -0.2) is 0 Å². The molecule has 2 aromatic rings. The zero-order chi connectivity index (χ0) is 12.4. The fourth-order valence-electron chi connectivity index (χ4n) is 1.51. The number of furan rings is 1. The Morgan fingerprint density at radius 3 is 2.59 bits per heavy atom. The highest BCUT2D eigenvalue weighted by Gasteiger charge is 2.12. The molecule has 1 aromatic heterocycles. The number of halogens is 2. The lowest BCUT2D eigenvalue weighted by atomic mass is 10.1. The molecular weight excluding hydrogens is 261 g/mol. The molecule has 2 N–H and O–H groups in total. The van der Waals surface area contributed by atoms with E-state index in [1.165, 1.54) is 7.11 Å². The Hall–Kier alpha value is -1.16. The van der Waals surface area contributed by atoms with E-state index in [2.05, 4.69) is 0 Å². The van der Waals surface area contributed by atoms with Crippen LogP contribution in [0.5, 0.6) is 5.75 Å². The van der Waals surface area contributed by atoms with E-state index in [1.807, 2.05) is 12.1 Å². The Kier molecular flexibility index (Phi) is 3.62. The van der Waals surface area contributed by atoms with Crippen LogP contribution in [0.15, 0.2) is 28.7 Å². The predicted octanol–water partition coefficient (Wildman–Crippen LogP) is 3.72. The van der Waals surface area contributed by atoms with Gasteiger partial charge in [-0.3, -0.25) is 0 Å². The van der Waals surface area contributed by atoms with E-state index in [0.717, 1.165) is 5.56 Å². The number of methoxy groups -OCH3 is 1. The van der Waals surface area contributed by atoms with Crippen LogP contribution in [0.1, 0.15) is 5.76 Å². The highest BCUT2D eigenvalue weighted by Crippen LogP contribution is 2.37. The van der Waals surface area contributed by atoms with Gasteiger partial charge in [0.1, 0.15) is 17.3 Å². The van der Waals surface area contributed by atoms with Gasteiger partial charge >= 0.3 is 0 Å². The van der Waals surface area contributed by atoms with E-state index in [4.69, 9.17) is 38.1 Å². The third-order valence-corrected chi connectivity index (χ3v) is 2.98. The second-order valence-corrected chi connectivity index (χ2v) is 4.25. The molecule has 1 aromatic carbocycles. The molecule has 0 atom stereocenters. The van der Waals surface area contributed by atoms with Gasteiger partial charge in [0.15, 0.2) is 0 Å². The number of benzene rings is 1. The molecule has 0 unspecified atom stereocenters. The minimum atomic E-state index is 0.349. The van der Waals surface area contributed by atoms with E-state index < -0.39 is 0 Å². The Morgan fingerprint density at radius 2 is 2.00 bits per heavy atom. The van der Waals surface area contributed by atoms with Crippen LogP contribution in [0.3, 0.4) is 0 Å². The molecule has 0 aliphatic rings. The van der Waals surface area contributed by atoms with Crippen LogP contribution in [0.2, 0.25) is 10.0 Å². The fourth-order valence-corrected chi connectivity index (χ4v) is 1.99. The van der Waals surface area contributed by atoms with Gasteiger partial charge in [0.25, 0.3) is 0 Å². The minimum absolute atomic E-state index is 0.349. The SMILES string of the molecule is COc1cc(Cl)c(-c2ccc(CN)o2)cc1Cl. The summed E-state index contributed by atoms with van der Waals surface area (Å²) >= 11 is 12.2. The van der Waals surface area contributed by atoms with Gasteiger partial charge < -0.3 is 14.9 Å². The smallest absolute Gasteiger partial charge is 0.138 e. The van der Waals surface area contributed by atoms with E-state index in [0.29, 0.717) is 33.9 Å². The van der Waals surface area contributed by atoms with Gasteiger partial charge in [-0.2, -0.15) is 0 Å². The summed E-state index contributed by atoms with van der Waals surface area (Å²) in [5.41, 5.74) is 6.20. The van der Waals surface area contributed by atoms with E-state index in [1.54, 1.807) is 12.1 Å². The van der Waals surface area contributed by atoms with Gasteiger partial charge in [-0.1, -0.05) is 23.2 Å². The fraction of sp³-hybridized carbons (Fsp3) is 0.167. The van der Waals surface area contributed by atoms with Crippen molar-refractivity contribution in [1.82, 2.24) is 0 Å². The van der Waals surface area contributed by atoms with Gasteiger partial charge in [-0.15, -0.1) is 0 Å². The highest BCUT2D eigenvalue weighted by molar-refractivity contribution is 6.36. The summed E-state index contributed by atoms with van der Waals surface area (Å²) in [6.45, 7) is 0.349. The molecule has 0 aliphatic heterocycles. The molecule has 0 radical (unpaired) electrons. The van der Waals surface area contributed by atoms with Crippen LogP contribution in [-0.4, -0.2) is 7.11 Å². The number of rotatable bonds is 3. The molecular formula is C12H11Cl2NO2. The molecule has 0 amide bonds. The molecule has 17 heavy (non-hydrogen) atoms. The van der Waals surface area contributed by atoms with Crippen LogP contribution < -0.4 is 10.5 Å². The van der Waals surface area contributed by atoms with Crippen molar-refractivity contribution in [2.45, 2.75) is 6.54 Å². The topological polar surface area (TPSA) is 48.4 Å². The second kappa shape index (κ2) is 5.00. The number of hydrogen-bond donors (Lipinski definition) is 1. The van der Waals surface area contributed by atoms with Crippen molar-refractivity contribution in [1.29, 1.82) is 0 Å². The molecule has 0 aliphatic carbocycles. The van der Waals surface area contributed by atoms with Gasteiger partial charge in [0.2, 0.25) is 0 Å². The molecule has 5 heteroatoms. The van der Waals surface area contributed by atoms with Crippen LogP contribution in [0.25, 0.3) is 11.3 Å². The van der Waals surface area contributed by atoms with Crippen molar-refractivity contribution >= 4 is 23.2 Å². The number of ether oxygens (including phenoxy) is 1. The summed E-state index contributed by atoms with van der Waals surface area (Å²) in [7, 11) is 1.54. The molecule has 1 heterocycles. The Balaban J connectivity index is 2.48.